The fourth-order valence-corrected chi connectivity index (χ4v) is 1.70. The summed E-state index contributed by atoms with van der Waals surface area (Å²) < 4.78 is 14.5. The summed E-state index contributed by atoms with van der Waals surface area (Å²) in [7, 11) is 4.36. The molecule has 0 saturated carbocycles. The van der Waals surface area contributed by atoms with Gasteiger partial charge in [-0.3, -0.25) is 0 Å². The minimum Gasteiger partial charge on any atom is -0.495 e. The Hall–Kier alpha value is -1.23. The van der Waals surface area contributed by atoms with E-state index in [0.29, 0.717) is 15.7 Å². The molecule has 0 amide bonds. The number of ether oxygens (including phenoxy) is 3. The Morgan fingerprint density at radius 1 is 1.31 bits per heavy atom. The molecule has 0 aromatic carbocycles. The quantitative estimate of drug-likeness (QED) is 0.697. The summed E-state index contributed by atoms with van der Waals surface area (Å²) in [5, 5.41) is 0.622. The van der Waals surface area contributed by atoms with Crippen molar-refractivity contribution in [3.05, 3.63) is 10.9 Å². The Balaban J connectivity index is 3.03. The van der Waals surface area contributed by atoms with Crippen LogP contribution >= 0.6 is 11.3 Å². The maximum atomic E-state index is 11.2. The predicted octanol–water partition coefficient (Wildman–Crippen LogP) is 1.55. The fraction of sp³-hybridized carbons (Fsp3) is 0.375. The molecule has 0 aliphatic carbocycles. The first-order chi connectivity index (χ1) is 6.22. The first-order valence-corrected chi connectivity index (χ1v) is 4.34. The molecule has 5 heteroatoms. The highest BCUT2D eigenvalue weighted by Gasteiger charge is 2.17. The van der Waals surface area contributed by atoms with E-state index >= 15 is 0 Å². The van der Waals surface area contributed by atoms with E-state index in [1.807, 2.05) is 0 Å². The Kier molecular flexibility index (Phi) is 3.13. The van der Waals surface area contributed by atoms with E-state index in [-0.39, 0.29) is 0 Å². The summed E-state index contributed by atoms with van der Waals surface area (Å²) in [5.74, 6) is 0.0684. The van der Waals surface area contributed by atoms with Gasteiger partial charge in [0.2, 0.25) is 0 Å². The maximum Gasteiger partial charge on any atom is 0.352 e. The third-order valence-electron chi connectivity index (χ3n) is 1.47. The molecule has 0 aliphatic rings. The molecule has 0 aliphatic heterocycles. The highest BCUT2D eigenvalue weighted by atomic mass is 32.1. The fourth-order valence-electron chi connectivity index (χ4n) is 0.840. The van der Waals surface area contributed by atoms with Crippen molar-refractivity contribution in [3.63, 3.8) is 0 Å². The normalized spacial score (nSPS) is 9.46. The van der Waals surface area contributed by atoms with E-state index in [9.17, 15) is 4.79 Å². The standard InChI is InChI=1S/C8H10O4S/c1-10-5-4-6(11-2)13-7(5)8(9)12-3/h4H,1-3H3. The molecule has 1 aromatic rings. The zero-order valence-electron chi connectivity index (χ0n) is 7.62. The number of carbonyl (C=O) groups excluding carboxylic acids is 1. The summed E-state index contributed by atoms with van der Waals surface area (Å²) in [6, 6.07) is 1.65. The van der Waals surface area contributed by atoms with Crippen molar-refractivity contribution < 1.29 is 19.0 Å². The van der Waals surface area contributed by atoms with Gasteiger partial charge in [0.05, 0.1) is 21.3 Å². The molecular weight excluding hydrogens is 192 g/mol. The summed E-state index contributed by atoms with van der Waals surface area (Å²) in [6.45, 7) is 0. The summed E-state index contributed by atoms with van der Waals surface area (Å²) in [4.78, 5) is 11.6. The molecule has 0 saturated heterocycles. The number of hydrogen-bond donors (Lipinski definition) is 0. The van der Waals surface area contributed by atoms with Gasteiger partial charge in [0.25, 0.3) is 0 Å². The van der Waals surface area contributed by atoms with Crippen LogP contribution in [0.15, 0.2) is 6.07 Å². The van der Waals surface area contributed by atoms with Gasteiger partial charge in [-0.2, -0.15) is 0 Å². The zero-order valence-corrected chi connectivity index (χ0v) is 8.44. The molecule has 0 atom stereocenters. The molecule has 72 valence electrons. The second kappa shape index (κ2) is 4.13. The Morgan fingerprint density at radius 3 is 2.46 bits per heavy atom. The lowest BCUT2D eigenvalue weighted by Gasteiger charge is -1.98. The minimum atomic E-state index is -0.412. The van der Waals surface area contributed by atoms with E-state index in [2.05, 4.69) is 4.74 Å². The van der Waals surface area contributed by atoms with E-state index in [0.717, 1.165) is 0 Å². The topological polar surface area (TPSA) is 44.8 Å². The highest BCUT2D eigenvalue weighted by Crippen LogP contribution is 2.34. The van der Waals surface area contributed by atoms with Gasteiger partial charge in [0.1, 0.15) is 5.75 Å². The molecule has 0 unspecified atom stereocenters. The second-order valence-corrected chi connectivity index (χ2v) is 3.17. The van der Waals surface area contributed by atoms with Crippen molar-refractivity contribution >= 4 is 17.3 Å². The predicted molar refractivity (Wildman–Crippen MR) is 48.8 cm³/mol. The van der Waals surface area contributed by atoms with Crippen LogP contribution in [0.2, 0.25) is 0 Å². The van der Waals surface area contributed by atoms with Crippen LogP contribution in [0.25, 0.3) is 0 Å². The van der Waals surface area contributed by atoms with Crippen molar-refractivity contribution in [2.75, 3.05) is 21.3 Å². The minimum absolute atomic E-state index is 0.412. The maximum absolute atomic E-state index is 11.2. The van der Waals surface area contributed by atoms with E-state index < -0.39 is 5.97 Å². The van der Waals surface area contributed by atoms with E-state index in [1.54, 1.807) is 6.07 Å². The highest BCUT2D eigenvalue weighted by molar-refractivity contribution is 7.16. The lowest BCUT2D eigenvalue weighted by Crippen LogP contribution is -1.99. The number of rotatable bonds is 3. The Morgan fingerprint density at radius 2 is 2.00 bits per heavy atom. The van der Waals surface area contributed by atoms with Gasteiger partial charge in [-0.05, 0) is 0 Å². The van der Waals surface area contributed by atoms with Crippen LogP contribution in [0.4, 0.5) is 0 Å². The van der Waals surface area contributed by atoms with Gasteiger partial charge < -0.3 is 14.2 Å². The van der Waals surface area contributed by atoms with Crippen LogP contribution in [-0.2, 0) is 4.74 Å². The van der Waals surface area contributed by atoms with Gasteiger partial charge in [-0.1, -0.05) is 11.3 Å². The molecule has 13 heavy (non-hydrogen) atoms. The van der Waals surface area contributed by atoms with Gasteiger partial charge in [-0.25, -0.2) is 4.79 Å². The van der Waals surface area contributed by atoms with Gasteiger partial charge in [0, 0.05) is 6.07 Å². The number of carbonyl (C=O) groups is 1. The first kappa shape index (κ1) is 9.85. The third kappa shape index (κ3) is 1.92. The molecule has 1 rings (SSSR count). The van der Waals surface area contributed by atoms with Crippen LogP contribution in [0.1, 0.15) is 9.67 Å². The molecule has 1 heterocycles. The smallest absolute Gasteiger partial charge is 0.352 e. The zero-order chi connectivity index (χ0) is 9.84. The van der Waals surface area contributed by atoms with Gasteiger partial charge >= 0.3 is 5.97 Å². The Bertz CT molecular complexity index is 305. The van der Waals surface area contributed by atoms with Gasteiger partial charge in [0.15, 0.2) is 9.94 Å². The molecule has 0 bridgehead atoms. The van der Waals surface area contributed by atoms with Crippen molar-refractivity contribution in [1.29, 1.82) is 0 Å². The third-order valence-corrected chi connectivity index (χ3v) is 2.52. The van der Waals surface area contributed by atoms with Crippen LogP contribution in [0.5, 0.6) is 10.8 Å². The summed E-state index contributed by atoms with van der Waals surface area (Å²) in [5.41, 5.74) is 0. The molecule has 4 nitrogen and oxygen atoms in total. The van der Waals surface area contributed by atoms with Crippen LogP contribution < -0.4 is 9.47 Å². The molecule has 1 aromatic heterocycles. The van der Waals surface area contributed by atoms with Crippen molar-refractivity contribution in [1.82, 2.24) is 0 Å². The number of hydrogen-bond acceptors (Lipinski definition) is 5. The summed E-state index contributed by atoms with van der Waals surface area (Å²) >= 11 is 1.19. The first-order valence-electron chi connectivity index (χ1n) is 3.53. The average molecular weight is 202 g/mol. The molecule has 0 fully saturated rings. The average Bonchev–Trinajstić information content (AvgIpc) is 2.59. The SMILES string of the molecule is COC(=O)c1sc(OC)cc1OC. The van der Waals surface area contributed by atoms with Crippen molar-refractivity contribution in [2.24, 2.45) is 0 Å². The monoisotopic (exact) mass is 202 g/mol. The lowest BCUT2D eigenvalue weighted by molar-refractivity contribution is 0.0603. The summed E-state index contributed by atoms with van der Waals surface area (Å²) in [6.07, 6.45) is 0. The Labute approximate surface area is 80.0 Å². The van der Waals surface area contributed by atoms with Crippen LogP contribution in [0.3, 0.4) is 0 Å². The van der Waals surface area contributed by atoms with Crippen LogP contribution in [-0.4, -0.2) is 27.3 Å². The number of esters is 1. The van der Waals surface area contributed by atoms with E-state index in [4.69, 9.17) is 9.47 Å². The van der Waals surface area contributed by atoms with Gasteiger partial charge in [-0.15, -0.1) is 0 Å². The largest absolute Gasteiger partial charge is 0.495 e. The van der Waals surface area contributed by atoms with Crippen LogP contribution in [0, 0.1) is 0 Å². The van der Waals surface area contributed by atoms with Crippen molar-refractivity contribution in [2.45, 2.75) is 0 Å². The second-order valence-electron chi connectivity index (χ2n) is 2.16. The molecule has 0 N–H and O–H groups in total. The number of methoxy groups -OCH3 is 3. The number of thiophene rings is 1. The van der Waals surface area contributed by atoms with Crippen molar-refractivity contribution in [3.8, 4) is 10.8 Å². The molecular formula is C8H10O4S. The molecule has 0 radical (unpaired) electrons. The lowest BCUT2D eigenvalue weighted by atomic mass is 10.4. The van der Waals surface area contributed by atoms with E-state index in [1.165, 1.54) is 32.7 Å². The molecule has 0 spiro atoms.